The molecule has 2 heterocycles. The summed E-state index contributed by atoms with van der Waals surface area (Å²) in [5, 5.41) is 0. The Morgan fingerprint density at radius 1 is 0.963 bits per heavy atom. The van der Waals surface area contributed by atoms with E-state index in [9.17, 15) is 0 Å². The lowest BCUT2D eigenvalue weighted by molar-refractivity contribution is 0.238. The van der Waals surface area contributed by atoms with Crippen LogP contribution in [0.4, 0.5) is 5.69 Å². The number of ether oxygens (including phenoxy) is 1. The fourth-order valence-corrected chi connectivity index (χ4v) is 3.45. The van der Waals surface area contributed by atoms with E-state index in [1.807, 2.05) is 18.5 Å². The Hall–Kier alpha value is -2.07. The zero-order valence-electron chi connectivity index (χ0n) is 17.0. The average molecular weight is 368 g/mol. The number of anilines is 1. The van der Waals surface area contributed by atoms with Crippen molar-refractivity contribution in [3.63, 3.8) is 0 Å². The van der Waals surface area contributed by atoms with Gasteiger partial charge in [0.2, 0.25) is 0 Å². The van der Waals surface area contributed by atoms with Crippen LogP contribution in [0.2, 0.25) is 0 Å². The number of benzene rings is 1. The summed E-state index contributed by atoms with van der Waals surface area (Å²) in [6.07, 6.45) is 6.08. The van der Waals surface area contributed by atoms with Gasteiger partial charge in [0.25, 0.3) is 0 Å². The monoisotopic (exact) mass is 367 g/mol. The van der Waals surface area contributed by atoms with E-state index in [1.54, 1.807) is 0 Å². The molecule has 0 unspecified atom stereocenters. The third-order valence-electron chi connectivity index (χ3n) is 5.24. The second-order valence-electron chi connectivity index (χ2n) is 8.37. The fraction of sp³-hybridized carbons (Fsp3) is 0.522. The predicted octanol–water partition coefficient (Wildman–Crippen LogP) is 4.36. The number of rotatable bonds is 7. The van der Waals surface area contributed by atoms with E-state index in [0.29, 0.717) is 0 Å². The van der Waals surface area contributed by atoms with Gasteiger partial charge < -0.3 is 9.64 Å². The molecule has 1 aliphatic heterocycles. The van der Waals surface area contributed by atoms with Crippen molar-refractivity contribution < 1.29 is 4.74 Å². The molecule has 0 bridgehead atoms. The first kappa shape index (κ1) is 19.7. The summed E-state index contributed by atoms with van der Waals surface area (Å²) in [6.45, 7) is 13.1. The van der Waals surface area contributed by atoms with Crippen LogP contribution in [0, 0.1) is 0 Å². The number of hydrogen-bond donors (Lipinski definition) is 0. The summed E-state index contributed by atoms with van der Waals surface area (Å²) in [5.41, 5.74) is 2.78. The van der Waals surface area contributed by atoms with Gasteiger partial charge in [0.1, 0.15) is 5.75 Å². The molecule has 4 heteroatoms. The van der Waals surface area contributed by atoms with Crippen molar-refractivity contribution in [1.82, 2.24) is 9.88 Å². The van der Waals surface area contributed by atoms with Gasteiger partial charge in [0, 0.05) is 32.4 Å². The maximum atomic E-state index is 5.90. The molecule has 0 spiro atoms. The molecular formula is C23H33N3O. The Bertz CT molecular complexity index is 671. The molecule has 0 amide bonds. The van der Waals surface area contributed by atoms with Gasteiger partial charge in [-0.1, -0.05) is 32.9 Å². The fourth-order valence-electron chi connectivity index (χ4n) is 3.45. The molecule has 146 valence electrons. The Labute approximate surface area is 164 Å². The Morgan fingerprint density at radius 2 is 1.70 bits per heavy atom. The van der Waals surface area contributed by atoms with E-state index >= 15 is 0 Å². The standard InChI is InChI=1S/C23H33N3O/c1-23(2,3)20-8-10-22(11-9-20)27-18-5-4-13-25-14-16-26(17-15-25)21-7-6-12-24-19-21/h6-12,19H,4-5,13-18H2,1-3H3. The van der Waals surface area contributed by atoms with Crippen LogP contribution in [0.3, 0.4) is 0 Å². The molecule has 1 saturated heterocycles. The first-order valence-electron chi connectivity index (χ1n) is 10.1. The summed E-state index contributed by atoms with van der Waals surface area (Å²) in [7, 11) is 0. The van der Waals surface area contributed by atoms with Crippen molar-refractivity contribution in [3.8, 4) is 5.75 Å². The van der Waals surface area contributed by atoms with E-state index in [-0.39, 0.29) is 5.41 Å². The molecule has 1 fully saturated rings. The molecule has 0 radical (unpaired) electrons. The van der Waals surface area contributed by atoms with Crippen LogP contribution in [0.1, 0.15) is 39.2 Å². The maximum absolute atomic E-state index is 5.90. The van der Waals surface area contributed by atoms with Gasteiger partial charge in [-0.05, 0) is 54.6 Å². The minimum absolute atomic E-state index is 0.194. The van der Waals surface area contributed by atoms with Crippen molar-refractivity contribution in [2.24, 2.45) is 0 Å². The van der Waals surface area contributed by atoms with Crippen molar-refractivity contribution in [3.05, 3.63) is 54.4 Å². The summed E-state index contributed by atoms with van der Waals surface area (Å²) in [6, 6.07) is 12.7. The van der Waals surface area contributed by atoms with Crippen LogP contribution in [-0.2, 0) is 5.41 Å². The summed E-state index contributed by atoms with van der Waals surface area (Å²) >= 11 is 0. The topological polar surface area (TPSA) is 28.6 Å². The lowest BCUT2D eigenvalue weighted by Crippen LogP contribution is -2.46. The molecule has 1 aromatic carbocycles. The SMILES string of the molecule is CC(C)(C)c1ccc(OCCCCN2CCN(c3cccnc3)CC2)cc1. The Balaban J connectivity index is 1.30. The first-order valence-corrected chi connectivity index (χ1v) is 10.1. The van der Waals surface area contributed by atoms with E-state index < -0.39 is 0 Å². The first-order chi connectivity index (χ1) is 13.0. The number of unbranched alkanes of at least 4 members (excludes halogenated alkanes) is 1. The number of aromatic nitrogens is 1. The molecule has 1 aliphatic rings. The van der Waals surface area contributed by atoms with Crippen molar-refractivity contribution in [2.45, 2.75) is 39.0 Å². The number of pyridine rings is 1. The Kier molecular flexibility index (Phi) is 6.73. The van der Waals surface area contributed by atoms with Crippen LogP contribution in [0.5, 0.6) is 5.75 Å². The highest BCUT2D eigenvalue weighted by molar-refractivity contribution is 5.44. The van der Waals surface area contributed by atoms with Crippen LogP contribution < -0.4 is 9.64 Å². The smallest absolute Gasteiger partial charge is 0.119 e. The lowest BCUT2D eigenvalue weighted by atomic mass is 9.87. The van der Waals surface area contributed by atoms with Gasteiger partial charge in [-0.3, -0.25) is 9.88 Å². The molecule has 2 aromatic rings. The molecule has 1 aromatic heterocycles. The Morgan fingerprint density at radius 3 is 2.33 bits per heavy atom. The summed E-state index contributed by atoms with van der Waals surface area (Å²) in [4.78, 5) is 9.21. The normalized spacial score (nSPS) is 15.7. The number of nitrogens with zero attached hydrogens (tertiary/aromatic N) is 3. The maximum Gasteiger partial charge on any atom is 0.119 e. The van der Waals surface area contributed by atoms with Gasteiger partial charge in [-0.15, -0.1) is 0 Å². The van der Waals surface area contributed by atoms with Gasteiger partial charge in [-0.25, -0.2) is 0 Å². The second-order valence-corrected chi connectivity index (χ2v) is 8.37. The lowest BCUT2D eigenvalue weighted by Gasteiger charge is -2.35. The van der Waals surface area contributed by atoms with Crippen LogP contribution in [-0.4, -0.2) is 49.2 Å². The molecule has 0 saturated carbocycles. The third kappa shape index (κ3) is 5.96. The van der Waals surface area contributed by atoms with Crippen LogP contribution >= 0.6 is 0 Å². The van der Waals surface area contributed by atoms with Crippen molar-refractivity contribution >= 4 is 5.69 Å². The van der Waals surface area contributed by atoms with Gasteiger partial charge in [0.15, 0.2) is 0 Å². The third-order valence-corrected chi connectivity index (χ3v) is 5.24. The number of piperazine rings is 1. The van der Waals surface area contributed by atoms with Gasteiger partial charge in [-0.2, -0.15) is 0 Å². The predicted molar refractivity (Wildman–Crippen MR) is 113 cm³/mol. The minimum Gasteiger partial charge on any atom is -0.494 e. The number of hydrogen-bond acceptors (Lipinski definition) is 4. The van der Waals surface area contributed by atoms with E-state index in [4.69, 9.17) is 4.74 Å². The molecule has 0 aliphatic carbocycles. The molecule has 3 rings (SSSR count). The van der Waals surface area contributed by atoms with E-state index in [2.05, 4.69) is 65.9 Å². The quantitative estimate of drug-likeness (QED) is 0.680. The second kappa shape index (κ2) is 9.23. The van der Waals surface area contributed by atoms with Crippen LogP contribution in [0.15, 0.2) is 48.8 Å². The largest absolute Gasteiger partial charge is 0.494 e. The molecule has 0 N–H and O–H groups in total. The average Bonchev–Trinajstić information content (AvgIpc) is 2.69. The molecular weight excluding hydrogens is 334 g/mol. The zero-order valence-corrected chi connectivity index (χ0v) is 17.0. The summed E-state index contributed by atoms with van der Waals surface area (Å²) < 4.78 is 5.90. The van der Waals surface area contributed by atoms with Crippen LogP contribution in [0.25, 0.3) is 0 Å². The molecule has 0 atom stereocenters. The van der Waals surface area contributed by atoms with Gasteiger partial charge in [0.05, 0.1) is 18.5 Å². The highest BCUT2D eigenvalue weighted by Gasteiger charge is 2.16. The van der Waals surface area contributed by atoms with Crippen molar-refractivity contribution in [2.75, 3.05) is 44.2 Å². The summed E-state index contributed by atoms with van der Waals surface area (Å²) in [5.74, 6) is 0.980. The van der Waals surface area contributed by atoms with E-state index in [0.717, 1.165) is 51.5 Å². The highest BCUT2D eigenvalue weighted by Crippen LogP contribution is 2.24. The molecule has 4 nitrogen and oxygen atoms in total. The van der Waals surface area contributed by atoms with Crippen molar-refractivity contribution in [1.29, 1.82) is 0 Å². The zero-order chi connectivity index (χ0) is 19.1. The highest BCUT2D eigenvalue weighted by atomic mass is 16.5. The minimum atomic E-state index is 0.194. The van der Waals surface area contributed by atoms with Gasteiger partial charge >= 0.3 is 0 Å². The van der Waals surface area contributed by atoms with E-state index in [1.165, 1.54) is 17.7 Å². The molecule has 27 heavy (non-hydrogen) atoms.